The van der Waals surface area contributed by atoms with Crippen LogP contribution >= 0.6 is 0 Å². The number of aliphatic carboxylic acids is 1. The van der Waals surface area contributed by atoms with Gasteiger partial charge in [0.25, 0.3) is 0 Å². The van der Waals surface area contributed by atoms with Crippen LogP contribution in [-0.4, -0.2) is 34.9 Å². The molecule has 1 atom stereocenters. The summed E-state index contributed by atoms with van der Waals surface area (Å²) in [7, 11) is 0. The fourth-order valence-corrected chi connectivity index (χ4v) is 4.07. The monoisotopic (exact) mass is 431 g/mol. The summed E-state index contributed by atoms with van der Waals surface area (Å²) in [6.45, 7) is 0.109. The Morgan fingerprint density at radius 3 is 1.94 bits per heavy atom. The highest BCUT2D eigenvalue weighted by molar-refractivity contribution is 5.87. The van der Waals surface area contributed by atoms with Gasteiger partial charge in [-0.2, -0.15) is 0 Å². The highest BCUT2D eigenvalue weighted by atomic mass is 16.5. The molecule has 162 valence electrons. The zero-order valence-corrected chi connectivity index (χ0v) is 17.0. The Labute approximate surface area is 184 Å². The molecular formula is C25H21NO6. The topological polar surface area (TPSA) is 113 Å². The molecule has 4 rings (SSSR count). The number of aromatic carboxylic acids is 1. The second-order valence-electron chi connectivity index (χ2n) is 7.55. The number of fused-ring (bicyclic) bond motifs is 3. The molecule has 0 saturated carbocycles. The van der Waals surface area contributed by atoms with Crippen molar-refractivity contribution in [3.63, 3.8) is 0 Å². The first kappa shape index (κ1) is 21.1. The average molecular weight is 431 g/mol. The van der Waals surface area contributed by atoms with Gasteiger partial charge >= 0.3 is 18.0 Å². The van der Waals surface area contributed by atoms with Crippen LogP contribution in [0, 0.1) is 0 Å². The SMILES string of the molecule is O=C(O)C[C@H](NC(=O)OCC1c2ccccc2-c2ccccc21)c1ccc(C(=O)O)cc1. The van der Waals surface area contributed by atoms with Crippen molar-refractivity contribution in [2.45, 2.75) is 18.4 Å². The molecule has 7 nitrogen and oxygen atoms in total. The molecule has 0 aromatic heterocycles. The highest BCUT2D eigenvalue weighted by Gasteiger charge is 2.29. The van der Waals surface area contributed by atoms with Crippen LogP contribution in [-0.2, 0) is 9.53 Å². The van der Waals surface area contributed by atoms with Crippen LogP contribution in [0.25, 0.3) is 11.1 Å². The van der Waals surface area contributed by atoms with Gasteiger partial charge in [-0.1, -0.05) is 60.7 Å². The number of benzene rings is 3. The van der Waals surface area contributed by atoms with Crippen LogP contribution in [0.15, 0.2) is 72.8 Å². The third-order valence-electron chi connectivity index (χ3n) is 5.57. The van der Waals surface area contributed by atoms with Gasteiger partial charge in [-0.05, 0) is 39.9 Å². The Kier molecular flexibility index (Phi) is 5.89. The van der Waals surface area contributed by atoms with E-state index < -0.39 is 24.1 Å². The summed E-state index contributed by atoms with van der Waals surface area (Å²) in [5, 5.41) is 20.9. The number of carboxylic acid groups (broad SMARTS) is 2. The van der Waals surface area contributed by atoms with E-state index in [1.54, 1.807) is 0 Å². The molecule has 0 unspecified atom stereocenters. The quantitative estimate of drug-likeness (QED) is 0.510. The molecule has 1 aliphatic carbocycles. The van der Waals surface area contributed by atoms with Gasteiger partial charge in [-0.3, -0.25) is 4.79 Å². The number of alkyl carbamates (subject to hydrolysis) is 1. The van der Waals surface area contributed by atoms with Gasteiger partial charge in [0.2, 0.25) is 0 Å². The van der Waals surface area contributed by atoms with Crippen LogP contribution < -0.4 is 5.32 Å². The molecule has 0 saturated heterocycles. The maximum atomic E-state index is 12.5. The van der Waals surface area contributed by atoms with E-state index in [9.17, 15) is 19.5 Å². The van der Waals surface area contributed by atoms with E-state index in [4.69, 9.17) is 9.84 Å². The average Bonchev–Trinajstić information content (AvgIpc) is 3.11. The van der Waals surface area contributed by atoms with Crippen molar-refractivity contribution in [2.24, 2.45) is 0 Å². The number of carbonyl (C=O) groups is 3. The molecule has 0 radical (unpaired) electrons. The maximum absolute atomic E-state index is 12.5. The Hall–Kier alpha value is -4.13. The molecule has 32 heavy (non-hydrogen) atoms. The molecule has 1 amide bonds. The smallest absolute Gasteiger partial charge is 0.407 e. The summed E-state index contributed by atoms with van der Waals surface area (Å²) in [4.78, 5) is 34.9. The van der Waals surface area contributed by atoms with Crippen molar-refractivity contribution >= 4 is 18.0 Å². The molecule has 1 aliphatic rings. The van der Waals surface area contributed by atoms with Crippen LogP contribution in [0.4, 0.5) is 4.79 Å². The predicted octanol–water partition coefficient (Wildman–Crippen LogP) is 4.44. The van der Waals surface area contributed by atoms with E-state index in [1.807, 2.05) is 48.5 Å². The first-order valence-electron chi connectivity index (χ1n) is 10.1. The minimum Gasteiger partial charge on any atom is -0.481 e. The van der Waals surface area contributed by atoms with E-state index in [-0.39, 0.29) is 24.5 Å². The zero-order valence-electron chi connectivity index (χ0n) is 17.0. The summed E-state index contributed by atoms with van der Waals surface area (Å²) in [5.41, 5.74) is 4.93. The van der Waals surface area contributed by atoms with Crippen LogP contribution in [0.5, 0.6) is 0 Å². The van der Waals surface area contributed by atoms with Crippen LogP contribution in [0.2, 0.25) is 0 Å². The Morgan fingerprint density at radius 1 is 0.844 bits per heavy atom. The van der Waals surface area contributed by atoms with Crippen molar-refractivity contribution in [3.8, 4) is 11.1 Å². The Balaban J connectivity index is 1.47. The van der Waals surface area contributed by atoms with Gasteiger partial charge in [0.1, 0.15) is 6.61 Å². The third kappa shape index (κ3) is 4.32. The molecule has 0 bridgehead atoms. The zero-order chi connectivity index (χ0) is 22.7. The van der Waals surface area contributed by atoms with E-state index in [0.29, 0.717) is 5.56 Å². The number of carboxylic acids is 2. The van der Waals surface area contributed by atoms with Gasteiger partial charge in [0.05, 0.1) is 18.0 Å². The van der Waals surface area contributed by atoms with E-state index in [1.165, 1.54) is 24.3 Å². The van der Waals surface area contributed by atoms with Crippen molar-refractivity contribution in [1.82, 2.24) is 5.32 Å². The number of hydrogen-bond donors (Lipinski definition) is 3. The number of carbonyl (C=O) groups excluding carboxylic acids is 1. The van der Waals surface area contributed by atoms with E-state index in [2.05, 4.69) is 5.32 Å². The van der Waals surface area contributed by atoms with Crippen molar-refractivity contribution in [1.29, 1.82) is 0 Å². The summed E-state index contributed by atoms with van der Waals surface area (Å²) >= 11 is 0. The van der Waals surface area contributed by atoms with Gasteiger partial charge in [0.15, 0.2) is 0 Å². The fraction of sp³-hybridized carbons (Fsp3) is 0.160. The van der Waals surface area contributed by atoms with E-state index in [0.717, 1.165) is 22.3 Å². The van der Waals surface area contributed by atoms with Crippen LogP contribution in [0.3, 0.4) is 0 Å². The second kappa shape index (κ2) is 8.93. The molecule has 0 fully saturated rings. The molecule has 3 aromatic rings. The third-order valence-corrected chi connectivity index (χ3v) is 5.57. The van der Waals surface area contributed by atoms with E-state index >= 15 is 0 Å². The lowest BCUT2D eigenvalue weighted by Crippen LogP contribution is -2.31. The van der Waals surface area contributed by atoms with Gasteiger partial charge in [-0.25, -0.2) is 9.59 Å². The first-order chi connectivity index (χ1) is 15.4. The molecule has 0 spiro atoms. The van der Waals surface area contributed by atoms with Crippen molar-refractivity contribution in [3.05, 3.63) is 95.1 Å². The summed E-state index contributed by atoms with van der Waals surface area (Å²) in [6, 6.07) is 20.8. The second-order valence-corrected chi connectivity index (χ2v) is 7.55. The largest absolute Gasteiger partial charge is 0.481 e. The fourth-order valence-electron chi connectivity index (χ4n) is 4.07. The number of hydrogen-bond acceptors (Lipinski definition) is 4. The Morgan fingerprint density at radius 2 is 1.41 bits per heavy atom. The molecule has 7 heteroatoms. The number of ether oxygens (including phenoxy) is 1. The molecule has 3 N–H and O–H groups in total. The van der Waals surface area contributed by atoms with Gasteiger partial charge in [-0.15, -0.1) is 0 Å². The predicted molar refractivity (Wildman–Crippen MR) is 117 cm³/mol. The normalized spacial score (nSPS) is 13.0. The number of amides is 1. The molecule has 0 aliphatic heterocycles. The molecular weight excluding hydrogens is 410 g/mol. The lowest BCUT2D eigenvalue weighted by Gasteiger charge is -2.19. The maximum Gasteiger partial charge on any atom is 0.407 e. The molecule has 3 aromatic carbocycles. The summed E-state index contributed by atoms with van der Waals surface area (Å²) in [5.74, 6) is -2.30. The van der Waals surface area contributed by atoms with Crippen LogP contribution in [0.1, 0.15) is 45.4 Å². The summed E-state index contributed by atoms with van der Waals surface area (Å²) in [6.07, 6.45) is -1.10. The lowest BCUT2D eigenvalue weighted by atomic mass is 9.98. The first-order valence-corrected chi connectivity index (χ1v) is 10.1. The molecule has 0 heterocycles. The minimum absolute atomic E-state index is 0.0731. The summed E-state index contributed by atoms with van der Waals surface area (Å²) < 4.78 is 5.50. The number of rotatable bonds is 7. The Bertz CT molecular complexity index is 1130. The standard InChI is InChI=1S/C25H21NO6/c27-23(28)13-22(15-9-11-16(12-10-15)24(29)30)26-25(31)32-14-21-19-7-3-1-5-17(19)18-6-2-4-8-20(18)21/h1-12,21-22H,13-14H2,(H,26,31)(H,27,28)(H,29,30)/t22-/m0/s1. The minimum atomic E-state index is -1.10. The van der Waals surface area contributed by atoms with Crippen molar-refractivity contribution < 1.29 is 29.3 Å². The van der Waals surface area contributed by atoms with Crippen molar-refractivity contribution in [2.75, 3.05) is 6.61 Å². The van der Waals surface area contributed by atoms with Gasteiger partial charge < -0.3 is 20.3 Å². The number of nitrogens with one attached hydrogen (secondary N) is 1. The highest BCUT2D eigenvalue weighted by Crippen LogP contribution is 2.44. The van der Waals surface area contributed by atoms with Gasteiger partial charge in [0, 0.05) is 5.92 Å². The lowest BCUT2D eigenvalue weighted by molar-refractivity contribution is -0.137.